The molecule has 0 spiro atoms. The van der Waals surface area contributed by atoms with Crippen LogP contribution < -0.4 is 5.32 Å². The summed E-state index contributed by atoms with van der Waals surface area (Å²) in [6.07, 6.45) is 2.13. The third-order valence-corrected chi connectivity index (χ3v) is 5.03. The van der Waals surface area contributed by atoms with Gasteiger partial charge < -0.3 is 10.4 Å². The highest BCUT2D eigenvalue weighted by Gasteiger charge is 2.44. The minimum Gasteiger partial charge on any atom is -0.481 e. The average molecular weight is 293 g/mol. The number of thioether (sulfide) groups is 1. The third kappa shape index (κ3) is 4.27. The summed E-state index contributed by atoms with van der Waals surface area (Å²) in [5, 5.41) is 11.6. The van der Waals surface area contributed by atoms with E-state index in [4.69, 9.17) is 5.11 Å². The molecule has 0 bridgehead atoms. The van der Waals surface area contributed by atoms with Crippen LogP contribution in [0.4, 0.5) is 5.69 Å². The number of para-hydroxylation sites is 1. The zero-order valence-corrected chi connectivity index (χ0v) is 12.3. The molecule has 2 N–H and O–H groups in total. The topological polar surface area (TPSA) is 66.4 Å². The van der Waals surface area contributed by atoms with Crippen LogP contribution in [0.15, 0.2) is 30.3 Å². The summed E-state index contributed by atoms with van der Waals surface area (Å²) in [5.74, 6) is -0.0420. The number of rotatable bonds is 7. The van der Waals surface area contributed by atoms with Crippen molar-refractivity contribution in [2.45, 2.75) is 31.4 Å². The van der Waals surface area contributed by atoms with Gasteiger partial charge in [0.25, 0.3) is 0 Å². The second kappa shape index (κ2) is 6.31. The van der Waals surface area contributed by atoms with Gasteiger partial charge in [0.2, 0.25) is 5.91 Å². The number of carbonyl (C=O) groups excluding carboxylic acids is 1. The minimum absolute atomic E-state index is 0.0349. The van der Waals surface area contributed by atoms with Gasteiger partial charge >= 0.3 is 5.97 Å². The number of carbonyl (C=O) groups is 2. The van der Waals surface area contributed by atoms with Gasteiger partial charge in [-0.3, -0.25) is 9.59 Å². The van der Waals surface area contributed by atoms with Gasteiger partial charge in [-0.25, -0.2) is 0 Å². The molecule has 0 aliphatic heterocycles. The quantitative estimate of drug-likeness (QED) is 0.811. The van der Waals surface area contributed by atoms with Crippen molar-refractivity contribution in [2.24, 2.45) is 5.41 Å². The van der Waals surface area contributed by atoms with E-state index in [1.807, 2.05) is 37.3 Å². The predicted octanol–water partition coefficient (Wildman–Crippen LogP) is 3.00. The summed E-state index contributed by atoms with van der Waals surface area (Å²) in [6.45, 7) is 1.86. The lowest BCUT2D eigenvalue weighted by Crippen LogP contribution is -2.24. The maximum absolute atomic E-state index is 12.0. The first kappa shape index (κ1) is 14.9. The second-order valence-corrected chi connectivity index (χ2v) is 6.71. The molecule has 108 valence electrons. The van der Waals surface area contributed by atoms with Gasteiger partial charge in [-0.15, -0.1) is 11.8 Å². The Kier molecular flexibility index (Phi) is 4.70. The Labute approximate surface area is 123 Å². The first-order chi connectivity index (χ1) is 9.51. The molecule has 5 heteroatoms. The zero-order chi connectivity index (χ0) is 14.6. The fourth-order valence-electron chi connectivity index (χ4n) is 2.01. The molecule has 1 aromatic rings. The molecule has 1 aliphatic carbocycles. The number of anilines is 1. The molecular formula is C15H19NO3S. The lowest BCUT2D eigenvalue weighted by Gasteiger charge is -2.16. The summed E-state index contributed by atoms with van der Waals surface area (Å²) in [5.41, 5.74) is 0.717. The smallest absolute Gasteiger partial charge is 0.303 e. The highest BCUT2D eigenvalue weighted by atomic mass is 32.2. The molecule has 0 radical (unpaired) electrons. The highest BCUT2D eigenvalue weighted by molar-refractivity contribution is 8.00. The third-order valence-electron chi connectivity index (χ3n) is 3.53. The van der Waals surface area contributed by atoms with Crippen LogP contribution in [-0.2, 0) is 9.59 Å². The van der Waals surface area contributed by atoms with Crippen molar-refractivity contribution in [3.63, 3.8) is 0 Å². The Morgan fingerprint density at radius 2 is 2.00 bits per heavy atom. The van der Waals surface area contributed by atoms with Crippen molar-refractivity contribution in [3.05, 3.63) is 30.3 Å². The van der Waals surface area contributed by atoms with Crippen molar-refractivity contribution < 1.29 is 14.7 Å². The molecule has 20 heavy (non-hydrogen) atoms. The predicted molar refractivity (Wildman–Crippen MR) is 80.9 cm³/mol. The number of hydrogen-bond acceptors (Lipinski definition) is 3. The van der Waals surface area contributed by atoms with Gasteiger partial charge in [-0.2, -0.15) is 0 Å². The molecule has 1 aromatic carbocycles. The Hall–Kier alpha value is -1.49. The summed E-state index contributed by atoms with van der Waals surface area (Å²) in [6, 6.07) is 9.35. The number of carboxylic acid groups (broad SMARTS) is 1. The molecule has 0 aromatic heterocycles. The van der Waals surface area contributed by atoms with Crippen LogP contribution in [0, 0.1) is 5.41 Å². The number of aliphatic carboxylic acids is 1. The molecule has 1 unspecified atom stereocenters. The van der Waals surface area contributed by atoms with E-state index in [0.717, 1.165) is 24.3 Å². The highest BCUT2D eigenvalue weighted by Crippen LogP contribution is 2.51. The van der Waals surface area contributed by atoms with E-state index in [2.05, 4.69) is 5.32 Å². The molecule has 0 saturated heterocycles. The van der Waals surface area contributed by atoms with Gasteiger partial charge in [0.1, 0.15) is 0 Å². The number of carboxylic acids is 1. The van der Waals surface area contributed by atoms with Crippen LogP contribution in [0.25, 0.3) is 0 Å². The summed E-state index contributed by atoms with van der Waals surface area (Å²) in [7, 11) is 0. The molecule has 1 saturated carbocycles. The maximum atomic E-state index is 12.0. The first-order valence-electron chi connectivity index (χ1n) is 6.70. The summed E-state index contributed by atoms with van der Waals surface area (Å²) < 4.78 is 0. The molecule has 1 aliphatic rings. The molecule has 0 heterocycles. The standard InChI is InChI=1S/C15H19NO3S/c1-11(14(19)16-12-5-3-2-4-6-12)20-10-15(7-8-15)9-13(17)18/h2-6,11H,7-10H2,1H3,(H,16,19)(H,17,18). The number of benzene rings is 1. The van der Waals surface area contributed by atoms with Crippen molar-refractivity contribution in [3.8, 4) is 0 Å². The molecule has 1 atom stereocenters. The van der Waals surface area contributed by atoms with E-state index in [0.29, 0.717) is 0 Å². The number of hydrogen-bond donors (Lipinski definition) is 2. The van der Waals surface area contributed by atoms with E-state index in [9.17, 15) is 9.59 Å². The first-order valence-corrected chi connectivity index (χ1v) is 7.75. The Morgan fingerprint density at radius 3 is 2.55 bits per heavy atom. The Balaban J connectivity index is 1.78. The van der Waals surface area contributed by atoms with Gasteiger partial charge in [-0.05, 0) is 37.3 Å². The van der Waals surface area contributed by atoms with Crippen LogP contribution in [0.3, 0.4) is 0 Å². The van der Waals surface area contributed by atoms with Crippen LogP contribution in [0.1, 0.15) is 26.2 Å². The normalized spacial score (nSPS) is 17.2. The minimum atomic E-state index is -0.746. The lowest BCUT2D eigenvalue weighted by atomic mass is 10.1. The Bertz CT molecular complexity index is 485. The van der Waals surface area contributed by atoms with E-state index in [1.54, 1.807) is 0 Å². The summed E-state index contributed by atoms with van der Waals surface area (Å²) in [4.78, 5) is 22.8. The van der Waals surface area contributed by atoms with E-state index in [1.165, 1.54) is 11.8 Å². The van der Waals surface area contributed by atoms with Crippen LogP contribution in [-0.4, -0.2) is 28.0 Å². The van der Waals surface area contributed by atoms with Gasteiger partial charge in [0, 0.05) is 11.4 Å². The van der Waals surface area contributed by atoms with Crippen molar-refractivity contribution >= 4 is 29.3 Å². The molecule has 1 fully saturated rings. The van der Waals surface area contributed by atoms with Crippen LogP contribution in [0.2, 0.25) is 0 Å². The second-order valence-electron chi connectivity index (χ2n) is 5.38. The Morgan fingerprint density at radius 1 is 1.35 bits per heavy atom. The fourth-order valence-corrected chi connectivity index (χ4v) is 3.22. The lowest BCUT2D eigenvalue weighted by molar-refractivity contribution is -0.138. The number of amides is 1. The average Bonchev–Trinajstić information content (AvgIpc) is 3.16. The van der Waals surface area contributed by atoms with E-state index in [-0.39, 0.29) is 23.0 Å². The SMILES string of the molecule is CC(SCC1(CC(=O)O)CC1)C(=O)Nc1ccccc1. The zero-order valence-electron chi connectivity index (χ0n) is 11.5. The maximum Gasteiger partial charge on any atom is 0.303 e. The van der Waals surface area contributed by atoms with Crippen LogP contribution >= 0.6 is 11.8 Å². The van der Waals surface area contributed by atoms with Gasteiger partial charge in [0.05, 0.1) is 11.7 Å². The fraction of sp³-hybridized carbons (Fsp3) is 0.467. The largest absolute Gasteiger partial charge is 0.481 e. The van der Waals surface area contributed by atoms with Crippen molar-refractivity contribution in [1.29, 1.82) is 0 Å². The number of nitrogens with one attached hydrogen (secondary N) is 1. The van der Waals surface area contributed by atoms with E-state index >= 15 is 0 Å². The van der Waals surface area contributed by atoms with E-state index < -0.39 is 5.97 Å². The molecule has 2 rings (SSSR count). The monoisotopic (exact) mass is 293 g/mol. The summed E-state index contributed by atoms with van der Waals surface area (Å²) >= 11 is 1.54. The molecular weight excluding hydrogens is 274 g/mol. The molecule has 1 amide bonds. The van der Waals surface area contributed by atoms with Crippen LogP contribution in [0.5, 0.6) is 0 Å². The van der Waals surface area contributed by atoms with Gasteiger partial charge in [-0.1, -0.05) is 18.2 Å². The van der Waals surface area contributed by atoms with Crippen molar-refractivity contribution in [2.75, 3.05) is 11.1 Å². The van der Waals surface area contributed by atoms with Crippen molar-refractivity contribution in [1.82, 2.24) is 0 Å². The molecule has 4 nitrogen and oxygen atoms in total. The van der Waals surface area contributed by atoms with Gasteiger partial charge in [0.15, 0.2) is 0 Å².